The van der Waals surface area contributed by atoms with Gasteiger partial charge in [0.2, 0.25) is 0 Å². The molecule has 5 rings (SSSR count). The van der Waals surface area contributed by atoms with Crippen LogP contribution in [0.3, 0.4) is 0 Å². The number of aryl methyl sites for hydroxylation is 1. The zero-order chi connectivity index (χ0) is 19.6. The molecule has 142 valence electrons. The second-order valence-corrected chi connectivity index (χ2v) is 6.92. The summed E-state index contributed by atoms with van der Waals surface area (Å²) in [7, 11) is 0. The van der Waals surface area contributed by atoms with Crippen molar-refractivity contribution in [1.82, 2.24) is 24.6 Å². The first-order valence-electron chi connectivity index (χ1n) is 9.74. The lowest BCUT2D eigenvalue weighted by Crippen LogP contribution is -2.04. The number of aromatic nitrogens is 5. The molecule has 5 aromatic rings. The number of benzene rings is 2. The summed E-state index contributed by atoms with van der Waals surface area (Å²) in [4.78, 5) is 13.5. The van der Waals surface area contributed by atoms with Crippen LogP contribution in [0, 0.1) is 0 Å². The fourth-order valence-electron chi connectivity index (χ4n) is 3.48. The lowest BCUT2D eigenvalue weighted by Gasteiger charge is -2.12. The van der Waals surface area contributed by atoms with Crippen molar-refractivity contribution in [1.29, 1.82) is 0 Å². The lowest BCUT2D eigenvalue weighted by atomic mass is 10.1. The SMILES string of the molecule is CCCc1cc(Nc2cccc3ccccc23)n2nc(-c3cccnc3)nc2n1. The van der Waals surface area contributed by atoms with Gasteiger partial charge < -0.3 is 5.32 Å². The maximum absolute atomic E-state index is 4.70. The molecular formula is C23H20N6. The first-order chi connectivity index (χ1) is 14.3. The van der Waals surface area contributed by atoms with E-state index in [4.69, 9.17) is 10.1 Å². The average molecular weight is 380 g/mol. The molecule has 0 unspecified atom stereocenters. The highest BCUT2D eigenvalue weighted by Gasteiger charge is 2.13. The van der Waals surface area contributed by atoms with E-state index in [1.54, 1.807) is 16.9 Å². The Kier molecular flexibility index (Phi) is 4.37. The van der Waals surface area contributed by atoms with Gasteiger partial charge in [-0.2, -0.15) is 9.50 Å². The second-order valence-electron chi connectivity index (χ2n) is 6.92. The van der Waals surface area contributed by atoms with Crippen molar-refractivity contribution in [2.24, 2.45) is 0 Å². The van der Waals surface area contributed by atoms with Crippen LogP contribution in [-0.2, 0) is 6.42 Å². The third-order valence-electron chi connectivity index (χ3n) is 4.84. The zero-order valence-corrected chi connectivity index (χ0v) is 16.1. The van der Waals surface area contributed by atoms with Crippen LogP contribution >= 0.6 is 0 Å². The lowest BCUT2D eigenvalue weighted by molar-refractivity contribution is 0.860. The summed E-state index contributed by atoms with van der Waals surface area (Å²) in [5.41, 5.74) is 2.88. The van der Waals surface area contributed by atoms with Crippen LogP contribution in [0.15, 0.2) is 73.1 Å². The number of pyridine rings is 1. The molecule has 0 saturated heterocycles. The molecule has 0 radical (unpaired) electrons. The van der Waals surface area contributed by atoms with Crippen molar-refractivity contribution >= 4 is 28.1 Å². The summed E-state index contributed by atoms with van der Waals surface area (Å²) in [6.07, 6.45) is 5.40. The molecule has 6 nitrogen and oxygen atoms in total. The van der Waals surface area contributed by atoms with E-state index in [0.717, 1.165) is 41.0 Å². The van der Waals surface area contributed by atoms with Gasteiger partial charge in [0.05, 0.1) is 0 Å². The molecule has 0 spiro atoms. The summed E-state index contributed by atoms with van der Waals surface area (Å²) < 4.78 is 1.77. The average Bonchev–Trinajstić information content (AvgIpc) is 3.19. The minimum atomic E-state index is 0.581. The van der Waals surface area contributed by atoms with Gasteiger partial charge >= 0.3 is 0 Å². The Balaban J connectivity index is 1.66. The summed E-state index contributed by atoms with van der Waals surface area (Å²) in [6, 6.07) is 20.5. The van der Waals surface area contributed by atoms with Crippen LogP contribution in [0.4, 0.5) is 11.5 Å². The normalized spacial score (nSPS) is 11.2. The standard InChI is InChI=1S/C23H20N6/c1-2-7-18-14-21(26-20-12-5-9-16-8-3-4-11-19(16)20)29-23(25-18)27-22(28-29)17-10-6-13-24-15-17/h3-6,8-15,26H,2,7H2,1H3. The molecule has 2 aromatic carbocycles. The van der Waals surface area contributed by atoms with Gasteiger partial charge in [-0.25, -0.2) is 4.98 Å². The fourth-order valence-corrected chi connectivity index (χ4v) is 3.48. The number of fused-ring (bicyclic) bond motifs is 2. The minimum absolute atomic E-state index is 0.581. The monoisotopic (exact) mass is 380 g/mol. The van der Waals surface area contributed by atoms with Gasteiger partial charge in [-0.1, -0.05) is 49.7 Å². The van der Waals surface area contributed by atoms with Crippen molar-refractivity contribution in [2.45, 2.75) is 19.8 Å². The molecule has 29 heavy (non-hydrogen) atoms. The highest BCUT2D eigenvalue weighted by atomic mass is 15.4. The van der Waals surface area contributed by atoms with E-state index in [0.29, 0.717) is 11.6 Å². The Morgan fingerprint density at radius 2 is 1.86 bits per heavy atom. The molecular weight excluding hydrogens is 360 g/mol. The summed E-state index contributed by atoms with van der Waals surface area (Å²) in [6.45, 7) is 2.15. The number of hydrogen-bond donors (Lipinski definition) is 1. The topological polar surface area (TPSA) is 68.0 Å². The highest BCUT2D eigenvalue weighted by molar-refractivity contribution is 5.95. The molecule has 1 N–H and O–H groups in total. The Morgan fingerprint density at radius 3 is 2.72 bits per heavy atom. The maximum Gasteiger partial charge on any atom is 0.254 e. The van der Waals surface area contributed by atoms with Gasteiger partial charge in [0.15, 0.2) is 5.82 Å². The van der Waals surface area contributed by atoms with Gasteiger partial charge in [0.1, 0.15) is 5.82 Å². The smallest absolute Gasteiger partial charge is 0.254 e. The molecule has 3 aromatic heterocycles. The first-order valence-corrected chi connectivity index (χ1v) is 9.74. The van der Waals surface area contributed by atoms with Crippen LogP contribution in [0.5, 0.6) is 0 Å². The van der Waals surface area contributed by atoms with Crippen molar-refractivity contribution in [3.8, 4) is 11.4 Å². The second kappa shape index (κ2) is 7.31. The van der Waals surface area contributed by atoms with E-state index in [9.17, 15) is 0 Å². The van der Waals surface area contributed by atoms with Crippen LogP contribution in [0.1, 0.15) is 19.0 Å². The van der Waals surface area contributed by atoms with Gasteiger partial charge in [-0.15, -0.1) is 5.10 Å². The van der Waals surface area contributed by atoms with E-state index in [2.05, 4.69) is 58.6 Å². The summed E-state index contributed by atoms with van der Waals surface area (Å²) in [5, 5.41) is 10.6. The number of rotatable bonds is 5. The van der Waals surface area contributed by atoms with Crippen molar-refractivity contribution in [3.05, 3.63) is 78.8 Å². The molecule has 0 aliphatic heterocycles. The molecule has 0 atom stereocenters. The van der Waals surface area contributed by atoms with E-state index in [1.807, 2.05) is 24.3 Å². The number of anilines is 2. The quantitative estimate of drug-likeness (QED) is 0.463. The maximum atomic E-state index is 4.70. The van der Waals surface area contributed by atoms with E-state index >= 15 is 0 Å². The predicted octanol–water partition coefficient (Wildman–Crippen LogP) is 5.04. The number of nitrogens with zero attached hydrogens (tertiary/aromatic N) is 5. The number of hydrogen-bond acceptors (Lipinski definition) is 5. The molecule has 0 saturated carbocycles. The molecule has 0 bridgehead atoms. The Morgan fingerprint density at radius 1 is 0.966 bits per heavy atom. The van der Waals surface area contributed by atoms with Crippen molar-refractivity contribution in [2.75, 3.05) is 5.32 Å². The van der Waals surface area contributed by atoms with Gasteiger partial charge in [0.25, 0.3) is 5.78 Å². The number of nitrogens with one attached hydrogen (secondary N) is 1. The van der Waals surface area contributed by atoms with Crippen LogP contribution in [0.2, 0.25) is 0 Å². The predicted molar refractivity (Wildman–Crippen MR) is 115 cm³/mol. The first kappa shape index (κ1) is 17.3. The molecule has 0 fully saturated rings. The molecule has 6 heteroatoms. The Bertz CT molecular complexity index is 1290. The van der Waals surface area contributed by atoms with E-state index < -0.39 is 0 Å². The van der Waals surface area contributed by atoms with Crippen molar-refractivity contribution < 1.29 is 0 Å². The molecule has 3 heterocycles. The van der Waals surface area contributed by atoms with Crippen LogP contribution in [0.25, 0.3) is 27.9 Å². The molecule has 0 amide bonds. The van der Waals surface area contributed by atoms with E-state index in [-0.39, 0.29) is 0 Å². The zero-order valence-electron chi connectivity index (χ0n) is 16.1. The van der Waals surface area contributed by atoms with Crippen LogP contribution in [-0.4, -0.2) is 24.6 Å². The van der Waals surface area contributed by atoms with Gasteiger partial charge in [0, 0.05) is 40.8 Å². The van der Waals surface area contributed by atoms with Crippen molar-refractivity contribution in [3.63, 3.8) is 0 Å². The Labute approximate surface area is 168 Å². The minimum Gasteiger partial charge on any atom is -0.340 e. The fraction of sp³-hybridized carbons (Fsp3) is 0.130. The Hall–Kier alpha value is -3.80. The van der Waals surface area contributed by atoms with Gasteiger partial charge in [-0.05, 0) is 30.0 Å². The largest absolute Gasteiger partial charge is 0.340 e. The third-order valence-corrected chi connectivity index (χ3v) is 4.84. The summed E-state index contributed by atoms with van der Waals surface area (Å²) in [5.74, 6) is 2.04. The van der Waals surface area contributed by atoms with Crippen LogP contribution < -0.4 is 5.32 Å². The van der Waals surface area contributed by atoms with E-state index in [1.165, 1.54) is 5.39 Å². The molecule has 0 aliphatic rings. The third kappa shape index (κ3) is 3.29. The van der Waals surface area contributed by atoms with Gasteiger partial charge in [-0.3, -0.25) is 4.98 Å². The highest BCUT2D eigenvalue weighted by Crippen LogP contribution is 2.27. The summed E-state index contributed by atoms with van der Waals surface area (Å²) >= 11 is 0. The molecule has 0 aliphatic carbocycles.